The van der Waals surface area contributed by atoms with Gasteiger partial charge in [0.05, 0.1) is 6.07 Å². The van der Waals surface area contributed by atoms with Crippen LogP contribution in [0.25, 0.3) is 0 Å². The van der Waals surface area contributed by atoms with Crippen molar-refractivity contribution >= 4 is 5.97 Å². The number of hydrogen-bond donors (Lipinski definition) is 2. The Labute approximate surface area is 77.7 Å². The minimum absolute atomic E-state index is 0.299. The summed E-state index contributed by atoms with van der Waals surface area (Å²) in [6, 6.07) is 1.14. The summed E-state index contributed by atoms with van der Waals surface area (Å²) in [6.07, 6.45) is 0.403. The number of rotatable bonds is 6. The van der Waals surface area contributed by atoms with E-state index < -0.39 is 12.0 Å². The van der Waals surface area contributed by atoms with E-state index >= 15 is 0 Å². The van der Waals surface area contributed by atoms with Crippen LogP contribution in [0.2, 0.25) is 0 Å². The first-order valence-electron chi connectivity index (χ1n) is 4.19. The number of carbonyl (C=O) groups is 1. The number of nitriles is 1. The van der Waals surface area contributed by atoms with Crippen molar-refractivity contribution in [2.75, 3.05) is 19.6 Å². The van der Waals surface area contributed by atoms with Gasteiger partial charge >= 0.3 is 5.97 Å². The molecule has 0 amide bonds. The first-order valence-corrected chi connectivity index (χ1v) is 4.19. The summed E-state index contributed by atoms with van der Waals surface area (Å²) in [4.78, 5) is 12.3. The summed E-state index contributed by atoms with van der Waals surface area (Å²) in [5.74, 6) is -1.00. The molecule has 0 aliphatic rings. The number of likely N-dealkylation sites (N-methyl/N-ethyl adjacent to an activating group) is 1. The Bertz CT molecular complexity index is 200. The maximum Gasteiger partial charge on any atom is 0.321 e. The van der Waals surface area contributed by atoms with Gasteiger partial charge in [-0.3, -0.25) is 4.79 Å². The van der Waals surface area contributed by atoms with E-state index in [0.717, 1.165) is 0 Å². The smallest absolute Gasteiger partial charge is 0.321 e. The summed E-state index contributed by atoms with van der Waals surface area (Å²) >= 11 is 0. The molecule has 5 nitrogen and oxygen atoms in total. The van der Waals surface area contributed by atoms with Gasteiger partial charge in [0.2, 0.25) is 0 Å². The lowest BCUT2D eigenvalue weighted by molar-refractivity contribution is -0.138. The topological polar surface area (TPSA) is 90.4 Å². The van der Waals surface area contributed by atoms with Crippen LogP contribution >= 0.6 is 0 Å². The Morgan fingerprint density at radius 2 is 2.38 bits per heavy atom. The number of aliphatic carboxylic acids is 1. The van der Waals surface area contributed by atoms with Gasteiger partial charge in [-0.05, 0) is 6.54 Å². The van der Waals surface area contributed by atoms with Crippen molar-refractivity contribution in [3.05, 3.63) is 0 Å². The van der Waals surface area contributed by atoms with E-state index in [1.807, 2.05) is 17.9 Å². The third-order valence-electron chi connectivity index (χ3n) is 1.76. The Hall–Kier alpha value is -1.12. The molecule has 0 aromatic rings. The molecule has 1 unspecified atom stereocenters. The Morgan fingerprint density at radius 1 is 1.77 bits per heavy atom. The van der Waals surface area contributed by atoms with Gasteiger partial charge in [-0.2, -0.15) is 5.26 Å². The Morgan fingerprint density at radius 3 is 2.77 bits per heavy atom. The lowest BCUT2D eigenvalue weighted by atomic mass is 10.3. The molecule has 74 valence electrons. The van der Waals surface area contributed by atoms with Crippen LogP contribution in [0, 0.1) is 11.3 Å². The van der Waals surface area contributed by atoms with Crippen molar-refractivity contribution in [1.29, 1.82) is 5.26 Å². The molecule has 0 bridgehead atoms. The standard InChI is InChI=1S/C8H15N3O2/c1-2-11(5-3-4-9)6-7(10)8(12)13/h7H,2-3,5-6,10H2,1H3,(H,12,13). The van der Waals surface area contributed by atoms with Gasteiger partial charge in [0.25, 0.3) is 0 Å². The summed E-state index contributed by atoms with van der Waals surface area (Å²) < 4.78 is 0. The molecule has 0 radical (unpaired) electrons. The molecule has 0 aromatic heterocycles. The zero-order chi connectivity index (χ0) is 10.3. The molecule has 3 N–H and O–H groups in total. The summed E-state index contributed by atoms with van der Waals surface area (Å²) in [5.41, 5.74) is 5.34. The van der Waals surface area contributed by atoms with E-state index in [1.54, 1.807) is 0 Å². The molecule has 1 atom stereocenters. The minimum Gasteiger partial charge on any atom is -0.480 e. The number of hydrogen-bond acceptors (Lipinski definition) is 4. The van der Waals surface area contributed by atoms with Gasteiger partial charge in [-0.25, -0.2) is 0 Å². The zero-order valence-electron chi connectivity index (χ0n) is 7.73. The highest BCUT2D eigenvalue weighted by Crippen LogP contribution is 1.92. The van der Waals surface area contributed by atoms with E-state index in [0.29, 0.717) is 26.1 Å². The van der Waals surface area contributed by atoms with Crippen LogP contribution in [0.1, 0.15) is 13.3 Å². The van der Waals surface area contributed by atoms with Crippen LogP contribution in [0.3, 0.4) is 0 Å². The molecule has 0 aliphatic carbocycles. The summed E-state index contributed by atoms with van der Waals surface area (Å²) in [7, 11) is 0. The van der Waals surface area contributed by atoms with Crippen LogP contribution < -0.4 is 5.73 Å². The van der Waals surface area contributed by atoms with Gasteiger partial charge < -0.3 is 15.7 Å². The number of nitrogens with two attached hydrogens (primary N) is 1. The average Bonchev–Trinajstić information content (AvgIpc) is 2.11. The van der Waals surface area contributed by atoms with Gasteiger partial charge in [0, 0.05) is 19.5 Å². The van der Waals surface area contributed by atoms with Crippen molar-refractivity contribution in [2.24, 2.45) is 5.73 Å². The lowest BCUT2D eigenvalue weighted by Gasteiger charge is -2.20. The van der Waals surface area contributed by atoms with Crippen LogP contribution in [-0.2, 0) is 4.79 Å². The third-order valence-corrected chi connectivity index (χ3v) is 1.76. The fraction of sp³-hybridized carbons (Fsp3) is 0.750. The maximum atomic E-state index is 10.4. The predicted octanol–water partition coefficient (Wildman–Crippen LogP) is -0.366. The second-order valence-electron chi connectivity index (χ2n) is 2.75. The molecule has 0 saturated heterocycles. The van der Waals surface area contributed by atoms with Crippen molar-refractivity contribution < 1.29 is 9.90 Å². The molecular weight excluding hydrogens is 170 g/mol. The quantitative estimate of drug-likeness (QED) is 0.589. The minimum atomic E-state index is -1.00. The first kappa shape index (κ1) is 11.9. The van der Waals surface area contributed by atoms with Gasteiger partial charge in [0.1, 0.15) is 6.04 Å². The van der Waals surface area contributed by atoms with Crippen molar-refractivity contribution in [1.82, 2.24) is 4.90 Å². The van der Waals surface area contributed by atoms with Crippen LogP contribution in [0.5, 0.6) is 0 Å². The predicted molar refractivity (Wildman–Crippen MR) is 48.0 cm³/mol. The summed E-state index contributed by atoms with van der Waals surface area (Å²) in [6.45, 7) is 3.50. The number of carboxylic acids is 1. The van der Waals surface area contributed by atoms with E-state index in [-0.39, 0.29) is 0 Å². The third kappa shape index (κ3) is 5.17. The van der Waals surface area contributed by atoms with E-state index in [4.69, 9.17) is 16.1 Å². The lowest BCUT2D eigenvalue weighted by Crippen LogP contribution is -2.42. The molecule has 0 aliphatic heterocycles. The van der Waals surface area contributed by atoms with Gasteiger partial charge in [-0.1, -0.05) is 6.92 Å². The van der Waals surface area contributed by atoms with Crippen molar-refractivity contribution in [2.45, 2.75) is 19.4 Å². The number of carboxylic acid groups (broad SMARTS) is 1. The summed E-state index contributed by atoms with van der Waals surface area (Å²) in [5, 5.41) is 16.9. The Kier molecular flexibility index (Phi) is 5.85. The molecule has 0 aromatic carbocycles. The molecule has 0 saturated carbocycles. The Balaban J connectivity index is 3.84. The molecule has 0 fully saturated rings. The molecule has 5 heteroatoms. The SMILES string of the molecule is CCN(CCC#N)CC(N)C(=O)O. The van der Waals surface area contributed by atoms with Crippen molar-refractivity contribution in [3.63, 3.8) is 0 Å². The van der Waals surface area contributed by atoms with Crippen molar-refractivity contribution in [3.8, 4) is 6.07 Å². The van der Waals surface area contributed by atoms with E-state index in [1.165, 1.54) is 0 Å². The van der Waals surface area contributed by atoms with E-state index in [2.05, 4.69) is 0 Å². The zero-order valence-corrected chi connectivity index (χ0v) is 7.73. The molecule has 0 rings (SSSR count). The monoisotopic (exact) mass is 185 g/mol. The molecular formula is C8H15N3O2. The fourth-order valence-corrected chi connectivity index (χ4v) is 0.943. The van der Waals surface area contributed by atoms with Crippen LogP contribution in [0.4, 0.5) is 0 Å². The average molecular weight is 185 g/mol. The number of nitrogens with zero attached hydrogens (tertiary/aromatic N) is 2. The highest BCUT2D eigenvalue weighted by Gasteiger charge is 2.14. The largest absolute Gasteiger partial charge is 0.480 e. The molecule has 0 heterocycles. The second kappa shape index (κ2) is 6.40. The maximum absolute atomic E-state index is 10.4. The normalized spacial score (nSPS) is 12.5. The van der Waals surface area contributed by atoms with Crippen LogP contribution in [-0.4, -0.2) is 41.7 Å². The second-order valence-corrected chi connectivity index (χ2v) is 2.75. The molecule has 0 spiro atoms. The highest BCUT2D eigenvalue weighted by molar-refractivity contribution is 5.73. The van der Waals surface area contributed by atoms with Gasteiger partial charge in [-0.15, -0.1) is 0 Å². The van der Waals surface area contributed by atoms with Crippen LogP contribution in [0.15, 0.2) is 0 Å². The fourth-order valence-electron chi connectivity index (χ4n) is 0.943. The first-order chi connectivity index (χ1) is 6.11. The van der Waals surface area contributed by atoms with Gasteiger partial charge in [0.15, 0.2) is 0 Å². The van der Waals surface area contributed by atoms with E-state index in [9.17, 15) is 4.79 Å². The highest BCUT2D eigenvalue weighted by atomic mass is 16.4. The molecule has 13 heavy (non-hydrogen) atoms.